The molecule has 0 radical (unpaired) electrons. The Morgan fingerprint density at radius 1 is 0.914 bits per heavy atom. The Morgan fingerprint density at radius 2 is 1.66 bits per heavy atom. The monoisotopic (exact) mass is 801 g/mol. The first-order valence-corrected chi connectivity index (χ1v) is 23.2. The largest absolute Gasteiger partial charge is 0.506 e. The summed E-state index contributed by atoms with van der Waals surface area (Å²) in [6.45, 7) is 15.7. The fourth-order valence-corrected chi connectivity index (χ4v) is 8.90. The minimum absolute atomic E-state index is 0.0233. The molecule has 12 heteroatoms. The molecule has 0 spiro atoms. The lowest BCUT2D eigenvalue weighted by Crippen LogP contribution is -2.43. The molecule has 1 fully saturated rings. The Hall–Kier alpha value is -5.27. The number of fused-ring (bicyclic) bond motifs is 2. The Bertz CT molecular complexity index is 2320. The van der Waals surface area contributed by atoms with Gasteiger partial charge in [-0.2, -0.15) is 0 Å². The second-order valence-corrected chi connectivity index (χ2v) is 21.7. The summed E-state index contributed by atoms with van der Waals surface area (Å²) in [7, 11) is -2.22. The third kappa shape index (κ3) is 9.37. The summed E-state index contributed by atoms with van der Waals surface area (Å²) in [5.74, 6) is 0.0791. The number of carbonyl (C=O) groups is 2. The topological polar surface area (TPSA) is 136 Å². The molecule has 4 aromatic carbocycles. The quantitative estimate of drug-likeness (QED) is 0.0872. The van der Waals surface area contributed by atoms with Gasteiger partial charge in [-0.1, -0.05) is 87.5 Å². The number of nitrogens with zero attached hydrogens (tertiary/aromatic N) is 2. The number of para-hydroxylation sites is 1. The van der Waals surface area contributed by atoms with Gasteiger partial charge in [-0.15, -0.1) is 0 Å². The van der Waals surface area contributed by atoms with Gasteiger partial charge in [0.15, 0.2) is 8.32 Å². The zero-order valence-electron chi connectivity index (χ0n) is 34.1. The first kappa shape index (κ1) is 40.9. The Morgan fingerprint density at radius 3 is 2.41 bits per heavy atom. The fourth-order valence-electron chi connectivity index (χ4n) is 7.62. The van der Waals surface area contributed by atoms with Gasteiger partial charge in [0.2, 0.25) is 5.56 Å². The van der Waals surface area contributed by atoms with Crippen molar-refractivity contribution in [2.45, 2.75) is 77.0 Å². The molecule has 2 amide bonds. The standard InChI is InChI=1S/C46H55N5O6Si/c1-46(2,3)58(4,5)57-41(37-17-19-40(52)43-38(37)18-20-42(53)49-43)29-47-28-31-15-16-36-33(27-31)30-51(44(36)54)26-25-50-23-21-34(22-24-50)56-45(55)48-39-14-10-9-13-35(39)32-11-7-6-8-12-32/h6-20,27,34,41,47,52H,21-26,28-30H2,1-5H3,(H,48,55)(H,49,53)/t41-/m0/s1. The number of hydrogen-bond acceptors (Lipinski definition) is 8. The number of likely N-dealkylation sites (tertiary alicyclic amines) is 1. The van der Waals surface area contributed by atoms with Crippen LogP contribution in [0.1, 0.15) is 66.8 Å². The minimum Gasteiger partial charge on any atom is -0.506 e. The van der Waals surface area contributed by atoms with E-state index in [0.717, 1.165) is 76.9 Å². The van der Waals surface area contributed by atoms with Gasteiger partial charge in [-0.05, 0) is 77.5 Å². The van der Waals surface area contributed by atoms with Crippen LogP contribution in [0, 0.1) is 0 Å². The van der Waals surface area contributed by atoms with Crippen LogP contribution in [0.2, 0.25) is 18.1 Å². The maximum atomic E-state index is 13.4. The van der Waals surface area contributed by atoms with Crippen LogP contribution in [0.15, 0.2) is 102 Å². The third-order valence-corrected chi connectivity index (χ3v) is 16.4. The molecule has 1 saturated heterocycles. The molecule has 11 nitrogen and oxygen atoms in total. The Kier molecular flexibility index (Phi) is 12.2. The van der Waals surface area contributed by atoms with Crippen LogP contribution in [0.4, 0.5) is 10.5 Å². The lowest BCUT2D eigenvalue weighted by Gasteiger charge is -2.39. The summed E-state index contributed by atoms with van der Waals surface area (Å²) in [5, 5.41) is 17.8. The minimum atomic E-state index is -2.22. The van der Waals surface area contributed by atoms with Crippen molar-refractivity contribution in [2.24, 2.45) is 0 Å². The van der Waals surface area contributed by atoms with E-state index in [1.54, 1.807) is 12.1 Å². The average molecular weight is 802 g/mol. The van der Waals surface area contributed by atoms with Gasteiger partial charge in [-0.25, -0.2) is 4.79 Å². The number of pyridine rings is 1. The first-order chi connectivity index (χ1) is 27.8. The van der Waals surface area contributed by atoms with Crippen molar-refractivity contribution in [3.05, 3.63) is 130 Å². The summed E-state index contributed by atoms with van der Waals surface area (Å²) in [6, 6.07) is 30.5. The molecule has 4 N–H and O–H groups in total. The number of amides is 2. The molecule has 2 aliphatic rings. The Labute approximate surface area is 341 Å². The van der Waals surface area contributed by atoms with E-state index in [1.807, 2.05) is 77.7 Å². The number of phenols is 1. The molecular formula is C46H55N5O6Si. The summed E-state index contributed by atoms with van der Waals surface area (Å²) in [5.41, 5.74) is 6.58. The number of aromatic nitrogens is 1. The molecule has 0 bridgehead atoms. The number of benzene rings is 4. The van der Waals surface area contributed by atoms with Crippen molar-refractivity contribution in [3.8, 4) is 16.9 Å². The highest BCUT2D eigenvalue weighted by Gasteiger charge is 2.40. The van der Waals surface area contributed by atoms with Crippen molar-refractivity contribution < 1.29 is 23.9 Å². The van der Waals surface area contributed by atoms with Crippen LogP contribution in [0.5, 0.6) is 5.75 Å². The van der Waals surface area contributed by atoms with E-state index in [4.69, 9.17) is 9.16 Å². The zero-order valence-corrected chi connectivity index (χ0v) is 35.1. The van der Waals surface area contributed by atoms with Crippen LogP contribution in [-0.4, -0.2) is 79.0 Å². The third-order valence-electron chi connectivity index (χ3n) is 11.9. The van der Waals surface area contributed by atoms with E-state index in [9.17, 15) is 19.5 Å². The van der Waals surface area contributed by atoms with Crippen molar-refractivity contribution in [3.63, 3.8) is 0 Å². The van der Waals surface area contributed by atoms with Gasteiger partial charge in [-0.3, -0.25) is 14.9 Å². The molecule has 1 atom stereocenters. The summed E-state index contributed by atoms with van der Waals surface area (Å²) in [6.07, 6.45) is 0.550. The van der Waals surface area contributed by atoms with E-state index in [1.165, 1.54) is 6.07 Å². The van der Waals surface area contributed by atoms with Crippen molar-refractivity contribution in [1.82, 2.24) is 20.1 Å². The predicted molar refractivity (Wildman–Crippen MR) is 232 cm³/mol. The smallest absolute Gasteiger partial charge is 0.411 e. The molecular weight excluding hydrogens is 747 g/mol. The number of piperidine rings is 1. The fraction of sp³-hybridized carbons (Fsp3) is 0.370. The van der Waals surface area contributed by atoms with Gasteiger partial charge in [0.05, 0.1) is 17.3 Å². The molecule has 0 saturated carbocycles. The number of nitrogens with one attached hydrogen (secondary N) is 3. The van der Waals surface area contributed by atoms with Crippen molar-refractivity contribution in [1.29, 1.82) is 0 Å². The SMILES string of the molecule is CC(C)(C)[Si](C)(C)O[C@@H](CNCc1ccc2c(c1)CN(CCN1CCC(OC(=O)Nc3ccccc3-c3ccccc3)CC1)C2=O)c1ccc(O)c2[nH]c(=O)ccc12. The second-order valence-electron chi connectivity index (χ2n) is 17.0. The summed E-state index contributed by atoms with van der Waals surface area (Å²) in [4.78, 5) is 45.5. The summed E-state index contributed by atoms with van der Waals surface area (Å²) >= 11 is 0. The number of aromatic amines is 1. The maximum Gasteiger partial charge on any atom is 0.411 e. The van der Waals surface area contributed by atoms with Crippen LogP contribution < -0.4 is 16.2 Å². The van der Waals surface area contributed by atoms with Crippen LogP contribution in [0.3, 0.4) is 0 Å². The molecule has 5 aromatic rings. The first-order valence-electron chi connectivity index (χ1n) is 20.2. The van der Waals surface area contributed by atoms with Gasteiger partial charge < -0.3 is 34.4 Å². The van der Waals surface area contributed by atoms with Crippen LogP contribution in [-0.2, 0) is 22.3 Å². The number of rotatable bonds is 13. The highest BCUT2D eigenvalue weighted by molar-refractivity contribution is 6.74. The Balaban J connectivity index is 0.904. The van der Waals surface area contributed by atoms with E-state index in [-0.39, 0.29) is 34.5 Å². The molecule has 7 rings (SSSR count). The highest BCUT2D eigenvalue weighted by Crippen LogP contribution is 2.41. The normalized spacial score (nSPS) is 15.7. The van der Waals surface area contributed by atoms with E-state index in [2.05, 4.69) is 60.4 Å². The lowest BCUT2D eigenvalue weighted by molar-refractivity contribution is 0.0528. The number of anilines is 1. The number of carbonyl (C=O) groups excluding carboxylic acids is 2. The lowest BCUT2D eigenvalue weighted by atomic mass is 10.0. The van der Waals surface area contributed by atoms with E-state index in [0.29, 0.717) is 31.7 Å². The maximum absolute atomic E-state index is 13.4. The number of H-pyrrole nitrogens is 1. The zero-order chi connectivity index (χ0) is 41.0. The second kappa shape index (κ2) is 17.3. The predicted octanol–water partition coefficient (Wildman–Crippen LogP) is 8.42. The average Bonchev–Trinajstić information content (AvgIpc) is 3.51. The number of ether oxygens (including phenoxy) is 1. The van der Waals surface area contributed by atoms with Gasteiger partial charge in [0.25, 0.3) is 5.91 Å². The van der Waals surface area contributed by atoms with E-state index >= 15 is 0 Å². The highest BCUT2D eigenvalue weighted by atomic mass is 28.4. The number of aromatic hydroxyl groups is 1. The van der Waals surface area contributed by atoms with Gasteiger partial charge >= 0.3 is 6.09 Å². The molecule has 3 heterocycles. The van der Waals surface area contributed by atoms with Crippen LogP contribution in [0.25, 0.3) is 22.0 Å². The number of hydrogen-bond donors (Lipinski definition) is 4. The molecule has 58 heavy (non-hydrogen) atoms. The van der Waals surface area contributed by atoms with Crippen molar-refractivity contribution in [2.75, 3.05) is 38.0 Å². The van der Waals surface area contributed by atoms with Gasteiger partial charge in [0.1, 0.15) is 11.9 Å². The van der Waals surface area contributed by atoms with E-state index < -0.39 is 14.4 Å². The molecule has 304 valence electrons. The number of phenolic OH excluding ortho intramolecular Hbond substituents is 1. The van der Waals surface area contributed by atoms with Crippen molar-refractivity contribution >= 4 is 36.9 Å². The van der Waals surface area contributed by atoms with Gasteiger partial charge in [0, 0.05) is 68.4 Å². The molecule has 2 aliphatic heterocycles. The summed E-state index contributed by atoms with van der Waals surface area (Å²) < 4.78 is 12.8. The molecule has 1 aromatic heterocycles. The molecule has 0 aliphatic carbocycles. The molecule has 0 unspecified atom stereocenters. The van der Waals surface area contributed by atoms with Crippen LogP contribution >= 0.6 is 0 Å².